The average molecular weight is 473 g/mol. The lowest BCUT2D eigenvalue weighted by Crippen LogP contribution is -2.45. The van der Waals surface area contributed by atoms with E-state index in [0.717, 1.165) is 37.1 Å². The van der Waals surface area contributed by atoms with Crippen LogP contribution in [-0.2, 0) is 5.41 Å². The zero-order valence-electron chi connectivity index (χ0n) is 16.6. The van der Waals surface area contributed by atoms with Gasteiger partial charge in [0.15, 0.2) is 17.5 Å². The summed E-state index contributed by atoms with van der Waals surface area (Å²) in [5.74, 6) is 2.69. The first-order valence-electron chi connectivity index (χ1n) is 9.16. The molecule has 0 radical (unpaired) electrons. The number of nitrogens with one attached hydrogen (secondary N) is 1. The minimum atomic E-state index is -0.0407. The lowest BCUT2D eigenvalue weighted by Gasteiger charge is -2.30. The van der Waals surface area contributed by atoms with Crippen molar-refractivity contribution in [2.45, 2.75) is 39.5 Å². The van der Waals surface area contributed by atoms with Crippen molar-refractivity contribution in [3.63, 3.8) is 0 Å². The number of nitrogens with zero attached hydrogens (tertiary/aromatic N) is 2. The van der Waals surface area contributed by atoms with Crippen molar-refractivity contribution >= 4 is 29.9 Å². The lowest BCUT2D eigenvalue weighted by molar-refractivity contribution is 0.171. The van der Waals surface area contributed by atoms with Crippen LogP contribution in [0, 0.1) is 5.41 Å². The van der Waals surface area contributed by atoms with Gasteiger partial charge in [0.2, 0.25) is 0 Å². The Morgan fingerprint density at radius 1 is 1.23 bits per heavy atom. The second kappa shape index (κ2) is 8.23. The molecule has 5 nitrogen and oxygen atoms in total. The Hall–Kier alpha value is -1.18. The zero-order chi connectivity index (χ0) is 18.1. The Morgan fingerprint density at radius 2 is 1.92 bits per heavy atom. The van der Waals surface area contributed by atoms with Gasteiger partial charge in [-0.15, -0.1) is 24.0 Å². The van der Waals surface area contributed by atoms with E-state index in [1.165, 1.54) is 12.0 Å². The molecule has 3 rings (SSSR count). The molecule has 0 aliphatic carbocycles. The number of hydrogen-bond donors (Lipinski definition) is 1. The van der Waals surface area contributed by atoms with Gasteiger partial charge in [0.25, 0.3) is 0 Å². The molecule has 1 aromatic carbocycles. The molecule has 0 atom stereocenters. The molecule has 6 heteroatoms. The smallest absolute Gasteiger partial charge is 0.193 e. The number of aliphatic imine (C=N–C) groups is 1. The van der Waals surface area contributed by atoms with Crippen molar-refractivity contribution in [1.29, 1.82) is 0 Å². The van der Waals surface area contributed by atoms with E-state index in [9.17, 15) is 0 Å². The summed E-state index contributed by atoms with van der Waals surface area (Å²) in [6.45, 7) is 13.3. The Morgan fingerprint density at radius 3 is 2.54 bits per heavy atom. The van der Waals surface area contributed by atoms with Crippen molar-refractivity contribution in [3.8, 4) is 11.5 Å². The standard InChI is InChI=1S/C20H31N3O2.HI/c1-19(2)8-9-23(14-19)18(21-5)22-13-20(3,4)15-6-7-16-17(12-15)25-11-10-24-16;/h6-7,12H,8-11,13-14H2,1-5H3,(H,21,22);1H. The predicted molar refractivity (Wildman–Crippen MR) is 117 cm³/mol. The third-order valence-electron chi connectivity index (χ3n) is 5.20. The van der Waals surface area contributed by atoms with Crippen LogP contribution >= 0.6 is 24.0 Å². The number of guanidine groups is 1. The molecule has 1 aromatic rings. The Bertz CT molecular complexity index is 658. The third kappa shape index (κ3) is 4.75. The largest absolute Gasteiger partial charge is 0.486 e. The molecule has 0 spiro atoms. The van der Waals surface area contributed by atoms with Gasteiger partial charge in [0.1, 0.15) is 13.2 Å². The highest BCUT2D eigenvalue weighted by molar-refractivity contribution is 14.0. The molecule has 2 heterocycles. The summed E-state index contributed by atoms with van der Waals surface area (Å²) in [5.41, 5.74) is 1.56. The van der Waals surface area contributed by atoms with Gasteiger partial charge in [-0.1, -0.05) is 33.8 Å². The molecule has 26 heavy (non-hydrogen) atoms. The fraction of sp³-hybridized carbons (Fsp3) is 0.650. The van der Waals surface area contributed by atoms with Crippen LogP contribution < -0.4 is 14.8 Å². The van der Waals surface area contributed by atoms with Crippen LogP contribution in [0.3, 0.4) is 0 Å². The van der Waals surface area contributed by atoms with Gasteiger partial charge >= 0.3 is 0 Å². The normalized spacial score (nSPS) is 19.1. The van der Waals surface area contributed by atoms with Crippen molar-refractivity contribution < 1.29 is 9.47 Å². The molecule has 0 amide bonds. The summed E-state index contributed by atoms with van der Waals surface area (Å²) >= 11 is 0. The first-order valence-corrected chi connectivity index (χ1v) is 9.16. The molecular weight excluding hydrogens is 441 g/mol. The summed E-state index contributed by atoms with van der Waals surface area (Å²) in [5, 5.41) is 3.57. The molecule has 2 aliphatic rings. The molecule has 146 valence electrons. The number of likely N-dealkylation sites (tertiary alicyclic amines) is 1. The Kier molecular flexibility index (Phi) is 6.69. The minimum absolute atomic E-state index is 0. The molecule has 1 saturated heterocycles. The van der Waals surface area contributed by atoms with Crippen molar-refractivity contribution in [2.24, 2.45) is 10.4 Å². The van der Waals surface area contributed by atoms with Gasteiger partial charge in [-0.2, -0.15) is 0 Å². The fourth-order valence-corrected chi connectivity index (χ4v) is 3.49. The second-order valence-electron chi connectivity index (χ2n) is 8.48. The van der Waals surface area contributed by atoms with Crippen molar-refractivity contribution in [1.82, 2.24) is 10.2 Å². The molecule has 1 N–H and O–H groups in total. The molecule has 0 bridgehead atoms. The number of rotatable bonds is 3. The lowest BCUT2D eigenvalue weighted by atomic mass is 9.84. The summed E-state index contributed by atoms with van der Waals surface area (Å²) in [4.78, 5) is 6.85. The van der Waals surface area contributed by atoms with E-state index < -0.39 is 0 Å². The zero-order valence-corrected chi connectivity index (χ0v) is 18.9. The van der Waals surface area contributed by atoms with Gasteiger partial charge in [0, 0.05) is 32.1 Å². The number of benzene rings is 1. The third-order valence-corrected chi connectivity index (χ3v) is 5.20. The molecule has 0 unspecified atom stereocenters. The minimum Gasteiger partial charge on any atom is -0.486 e. The van der Waals surface area contributed by atoms with Crippen molar-refractivity contribution in [3.05, 3.63) is 23.8 Å². The van der Waals surface area contributed by atoms with Crippen LogP contribution in [0.1, 0.15) is 39.7 Å². The highest BCUT2D eigenvalue weighted by Crippen LogP contribution is 2.35. The van der Waals surface area contributed by atoms with E-state index in [2.05, 4.69) is 55.0 Å². The van der Waals surface area contributed by atoms with Crippen LogP contribution in [0.2, 0.25) is 0 Å². The number of hydrogen-bond acceptors (Lipinski definition) is 3. The summed E-state index contributed by atoms with van der Waals surface area (Å²) in [6, 6.07) is 6.26. The van der Waals surface area contributed by atoms with Crippen LogP contribution in [0.4, 0.5) is 0 Å². The van der Waals surface area contributed by atoms with Gasteiger partial charge in [-0.25, -0.2) is 0 Å². The maximum Gasteiger partial charge on any atom is 0.193 e. The van der Waals surface area contributed by atoms with E-state index in [-0.39, 0.29) is 29.4 Å². The van der Waals surface area contributed by atoms with Gasteiger partial charge in [-0.3, -0.25) is 4.99 Å². The number of ether oxygens (including phenoxy) is 2. The maximum atomic E-state index is 5.73. The average Bonchev–Trinajstić information content (AvgIpc) is 2.94. The summed E-state index contributed by atoms with van der Waals surface area (Å²) < 4.78 is 11.4. The van der Waals surface area contributed by atoms with Crippen LogP contribution in [0.5, 0.6) is 11.5 Å². The van der Waals surface area contributed by atoms with Crippen LogP contribution in [0.25, 0.3) is 0 Å². The highest BCUT2D eigenvalue weighted by atomic mass is 127. The van der Waals surface area contributed by atoms with Crippen LogP contribution in [-0.4, -0.2) is 50.8 Å². The highest BCUT2D eigenvalue weighted by Gasteiger charge is 2.32. The predicted octanol–water partition coefficient (Wildman–Crippen LogP) is 3.66. The monoisotopic (exact) mass is 473 g/mol. The van der Waals surface area contributed by atoms with E-state index in [0.29, 0.717) is 18.6 Å². The Balaban J connectivity index is 0.00000243. The van der Waals surface area contributed by atoms with Gasteiger partial charge in [0.05, 0.1) is 0 Å². The van der Waals surface area contributed by atoms with E-state index >= 15 is 0 Å². The quantitative estimate of drug-likeness (QED) is 0.414. The number of fused-ring (bicyclic) bond motifs is 1. The van der Waals surface area contributed by atoms with E-state index in [1.807, 2.05) is 13.1 Å². The van der Waals surface area contributed by atoms with Gasteiger partial charge in [-0.05, 0) is 29.5 Å². The molecule has 0 aromatic heterocycles. The maximum absolute atomic E-state index is 5.73. The molecular formula is C20H32IN3O2. The second-order valence-corrected chi connectivity index (χ2v) is 8.48. The first kappa shape index (κ1) is 21.1. The van der Waals surface area contributed by atoms with Crippen LogP contribution in [0.15, 0.2) is 23.2 Å². The number of halogens is 1. The van der Waals surface area contributed by atoms with E-state index in [1.54, 1.807) is 0 Å². The molecule has 0 saturated carbocycles. The molecule has 1 fully saturated rings. The Labute approximate surface area is 174 Å². The first-order chi connectivity index (χ1) is 11.8. The summed E-state index contributed by atoms with van der Waals surface area (Å²) in [6.07, 6.45) is 1.21. The topological polar surface area (TPSA) is 46.1 Å². The van der Waals surface area contributed by atoms with E-state index in [4.69, 9.17) is 9.47 Å². The SMILES string of the molecule is CN=C(NCC(C)(C)c1ccc2c(c1)OCCO2)N1CCC(C)(C)C1.I. The fourth-order valence-electron chi connectivity index (χ4n) is 3.49. The molecule has 2 aliphatic heterocycles. The van der Waals surface area contributed by atoms with Gasteiger partial charge < -0.3 is 19.7 Å². The van der Waals surface area contributed by atoms with Crippen molar-refractivity contribution in [2.75, 3.05) is 39.9 Å². The summed E-state index contributed by atoms with van der Waals surface area (Å²) in [7, 11) is 1.87.